The maximum Gasteiger partial charge on any atom is 0.128 e. The molecule has 1 N–H and O–H groups in total. The minimum atomic E-state index is 0.449. The van der Waals surface area contributed by atoms with E-state index in [1.807, 2.05) is 12.1 Å². The number of aromatic nitrogens is 1. The molecule has 1 unspecified atom stereocenters. The molecule has 0 spiro atoms. The fourth-order valence-corrected chi connectivity index (χ4v) is 2.00. The fraction of sp³-hybridized carbons (Fsp3) is 0.667. The number of hydrogen-bond donors (Lipinski definition) is 1. The molecule has 1 aromatic rings. The van der Waals surface area contributed by atoms with Gasteiger partial charge in [0.2, 0.25) is 0 Å². The van der Waals surface area contributed by atoms with E-state index >= 15 is 0 Å². The van der Waals surface area contributed by atoms with Crippen LogP contribution in [0.1, 0.15) is 39.8 Å². The maximum absolute atomic E-state index is 6.20. The molecule has 3 nitrogen and oxygen atoms in total. The average Bonchev–Trinajstić information content (AvgIpc) is 2.39. The number of pyridine rings is 1. The van der Waals surface area contributed by atoms with Gasteiger partial charge < -0.3 is 10.2 Å². The van der Waals surface area contributed by atoms with Gasteiger partial charge in [-0.25, -0.2) is 4.98 Å². The number of nitrogens with zero attached hydrogens (tertiary/aromatic N) is 2. The molecule has 0 amide bonds. The fourth-order valence-electron chi connectivity index (χ4n) is 1.83. The predicted molar refractivity (Wildman–Crippen MR) is 83.9 cm³/mol. The largest absolute Gasteiger partial charge is 0.357 e. The van der Waals surface area contributed by atoms with Crippen LogP contribution in [0, 0.1) is 5.92 Å². The van der Waals surface area contributed by atoms with Gasteiger partial charge in [0.15, 0.2) is 0 Å². The molecule has 1 aromatic heterocycles. The summed E-state index contributed by atoms with van der Waals surface area (Å²) in [5.41, 5.74) is 0.926. The first-order chi connectivity index (χ1) is 8.97. The number of halogens is 1. The van der Waals surface area contributed by atoms with Crippen LogP contribution in [0.2, 0.25) is 5.02 Å². The Kier molecular flexibility index (Phi) is 6.59. The van der Waals surface area contributed by atoms with Gasteiger partial charge in [0.05, 0.1) is 10.7 Å². The van der Waals surface area contributed by atoms with E-state index in [4.69, 9.17) is 11.6 Å². The molecule has 1 rings (SSSR count). The average molecular weight is 284 g/mol. The zero-order valence-electron chi connectivity index (χ0n) is 12.7. The number of nitrogens with one attached hydrogen (secondary N) is 1. The molecule has 4 heteroatoms. The first-order valence-corrected chi connectivity index (χ1v) is 7.44. The van der Waals surface area contributed by atoms with Gasteiger partial charge >= 0.3 is 0 Å². The molecule has 0 fully saturated rings. The van der Waals surface area contributed by atoms with Crippen LogP contribution in [0.4, 0.5) is 5.82 Å². The third-order valence-corrected chi connectivity index (χ3v) is 3.90. The Labute approximate surface area is 122 Å². The van der Waals surface area contributed by atoms with Gasteiger partial charge in [-0.05, 0) is 37.9 Å². The van der Waals surface area contributed by atoms with Crippen molar-refractivity contribution in [3.63, 3.8) is 0 Å². The van der Waals surface area contributed by atoms with Crippen molar-refractivity contribution >= 4 is 17.4 Å². The molecule has 0 aliphatic heterocycles. The van der Waals surface area contributed by atoms with Crippen LogP contribution in [0.3, 0.4) is 0 Å². The van der Waals surface area contributed by atoms with E-state index in [1.165, 1.54) is 0 Å². The van der Waals surface area contributed by atoms with E-state index in [2.05, 4.69) is 49.9 Å². The molecular formula is C15H26ClN3. The standard InChI is InChI=1S/C15H26ClN3/c1-6-9-17-10-14-13(16)7-8-15(18-14)19(5)12(4)11(2)3/h7-8,11-12,17H,6,9-10H2,1-5H3. The van der Waals surface area contributed by atoms with Crippen molar-refractivity contribution in [3.8, 4) is 0 Å². The Balaban J connectivity index is 2.82. The minimum Gasteiger partial charge on any atom is -0.357 e. The van der Waals surface area contributed by atoms with Crippen LogP contribution in [-0.2, 0) is 6.54 Å². The van der Waals surface area contributed by atoms with E-state index in [1.54, 1.807) is 0 Å². The lowest BCUT2D eigenvalue weighted by atomic mass is 10.1. The highest BCUT2D eigenvalue weighted by Crippen LogP contribution is 2.21. The molecule has 19 heavy (non-hydrogen) atoms. The lowest BCUT2D eigenvalue weighted by Crippen LogP contribution is -2.34. The molecule has 1 heterocycles. The van der Waals surface area contributed by atoms with E-state index < -0.39 is 0 Å². The van der Waals surface area contributed by atoms with E-state index in [-0.39, 0.29) is 0 Å². The number of rotatable bonds is 7. The van der Waals surface area contributed by atoms with Gasteiger partial charge in [-0.2, -0.15) is 0 Å². The summed E-state index contributed by atoms with van der Waals surface area (Å²) >= 11 is 6.20. The van der Waals surface area contributed by atoms with Crippen molar-refractivity contribution in [2.24, 2.45) is 5.92 Å². The summed E-state index contributed by atoms with van der Waals surface area (Å²) in [7, 11) is 2.09. The Morgan fingerprint density at radius 2 is 2.00 bits per heavy atom. The lowest BCUT2D eigenvalue weighted by Gasteiger charge is -2.29. The van der Waals surface area contributed by atoms with Crippen LogP contribution in [0.15, 0.2) is 12.1 Å². The number of anilines is 1. The SMILES string of the molecule is CCCNCc1nc(N(C)C(C)C(C)C)ccc1Cl. The maximum atomic E-state index is 6.20. The highest BCUT2D eigenvalue weighted by molar-refractivity contribution is 6.31. The highest BCUT2D eigenvalue weighted by Gasteiger charge is 2.15. The van der Waals surface area contributed by atoms with Crippen LogP contribution in [0.25, 0.3) is 0 Å². The number of hydrogen-bond acceptors (Lipinski definition) is 3. The van der Waals surface area contributed by atoms with E-state index in [0.717, 1.165) is 36.0 Å². The normalized spacial score (nSPS) is 12.8. The molecule has 0 saturated carbocycles. The minimum absolute atomic E-state index is 0.449. The summed E-state index contributed by atoms with van der Waals surface area (Å²) in [6, 6.07) is 4.38. The molecule has 0 aliphatic rings. The molecule has 1 atom stereocenters. The summed E-state index contributed by atoms with van der Waals surface area (Å²) in [4.78, 5) is 6.89. The van der Waals surface area contributed by atoms with Gasteiger partial charge in [-0.15, -0.1) is 0 Å². The Hall–Kier alpha value is -0.800. The Morgan fingerprint density at radius 3 is 2.58 bits per heavy atom. The van der Waals surface area contributed by atoms with Crippen molar-refractivity contribution in [2.45, 2.75) is 46.7 Å². The quantitative estimate of drug-likeness (QED) is 0.773. The first kappa shape index (κ1) is 16.3. The predicted octanol–water partition coefficient (Wildman–Crippen LogP) is 3.72. The van der Waals surface area contributed by atoms with Gasteiger partial charge in [0.25, 0.3) is 0 Å². The summed E-state index contributed by atoms with van der Waals surface area (Å²) in [5, 5.41) is 4.08. The third-order valence-electron chi connectivity index (χ3n) is 3.56. The lowest BCUT2D eigenvalue weighted by molar-refractivity contribution is 0.502. The molecule has 0 bridgehead atoms. The van der Waals surface area contributed by atoms with Gasteiger partial charge in [0, 0.05) is 19.6 Å². The van der Waals surface area contributed by atoms with Crippen molar-refractivity contribution in [1.82, 2.24) is 10.3 Å². The topological polar surface area (TPSA) is 28.2 Å². The van der Waals surface area contributed by atoms with Crippen molar-refractivity contribution < 1.29 is 0 Å². The van der Waals surface area contributed by atoms with Crippen LogP contribution >= 0.6 is 11.6 Å². The summed E-state index contributed by atoms with van der Waals surface area (Å²) in [5.74, 6) is 1.57. The first-order valence-electron chi connectivity index (χ1n) is 7.06. The zero-order valence-corrected chi connectivity index (χ0v) is 13.5. The van der Waals surface area contributed by atoms with Gasteiger partial charge in [0.1, 0.15) is 5.82 Å². The molecule has 0 aromatic carbocycles. The van der Waals surface area contributed by atoms with E-state index in [9.17, 15) is 0 Å². The van der Waals surface area contributed by atoms with Crippen molar-refractivity contribution in [1.29, 1.82) is 0 Å². The third kappa shape index (κ3) is 4.66. The van der Waals surface area contributed by atoms with Crippen LogP contribution in [-0.4, -0.2) is 24.6 Å². The monoisotopic (exact) mass is 283 g/mol. The second-order valence-corrected chi connectivity index (χ2v) is 5.78. The Bertz CT molecular complexity index is 393. The zero-order chi connectivity index (χ0) is 14.4. The van der Waals surface area contributed by atoms with Crippen molar-refractivity contribution in [3.05, 3.63) is 22.8 Å². The molecule has 108 valence electrons. The van der Waals surface area contributed by atoms with Gasteiger partial charge in [-0.3, -0.25) is 0 Å². The van der Waals surface area contributed by atoms with Crippen LogP contribution < -0.4 is 10.2 Å². The summed E-state index contributed by atoms with van der Waals surface area (Å²) in [6.07, 6.45) is 1.11. The smallest absolute Gasteiger partial charge is 0.128 e. The van der Waals surface area contributed by atoms with Crippen molar-refractivity contribution in [2.75, 3.05) is 18.5 Å². The second kappa shape index (κ2) is 7.71. The molecule has 0 saturated heterocycles. The molecular weight excluding hydrogens is 258 g/mol. The summed E-state index contributed by atoms with van der Waals surface area (Å²) in [6.45, 7) is 10.5. The van der Waals surface area contributed by atoms with Crippen LogP contribution in [0.5, 0.6) is 0 Å². The van der Waals surface area contributed by atoms with Gasteiger partial charge in [-0.1, -0.05) is 32.4 Å². The van der Waals surface area contributed by atoms with E-state index in [0.29, 0.717) is 12.0 Å². The summed E-state index contributed by atoms with van der Waals surface area (Å²) < 4.78 is 0. The Morgan fingerprint density at radius 1 is 1.32 bits per heavy atom. The second-order valence-electron chi connectivity index (χ2n) is 5.37. The molecule has 0 aliphatic carbocycles. The highest BCUT2D eigenvalue weighted by atomic mass is 35.5. The molecule has 0 radical (unpaired) electrons.